The maximum atomic E-state index is 12.7. The third kappa shape index (κ3) is 2.97. The zero-order chi connectivity index (χ0) is 18.1. The van der Waals surface area contributed by atoms with Crippen LogP contribution in [0.3, 0.4) is 0 Å². The van der Waals surface area contributed by atoms with Crippen molar-refractivity contribution >= 4 is 16.9 Å². The van der Waals surface area contributed by atoms with Crippen LogP contribution in [-0.4, -0.2) is 26.3 Å². The van der Waals surface area contributed by atoms with E-state index in [9.17, 15) is 14.4 Å². The predicted octanol–water partition coefficient (Wildman–Crippen LogP) is 0.644. The minimum absolute atomic E-state index is 0.167. The Morgan fingerprint density at radius 3 is 2.40 bits per heavy atom. The summed E-state index contributed by atoms with van der Waals surface area (Å²) in [4.78, 5) is 36.1. The molecule has 0 fully saturated rings. The average Bonchev–Trinajstić information content (AvgIpc) is 2.61. The summed E-state index contributed by atoms with van der Waals surface area (Å²) in [6, 6.07) is 12.5. The van der Waals surface area contributed by atoms with E-state index in [0.29, 0.717) is 22.2 Å². The van der Waals surface area contributed by atoms with Crippen molar-refractivity contribution in [2.75, 3.05) is 0 Å². The molecule has 3 N–H and O–H groups in total. The third-order valence-corrected chi connectivity index (χ3v) is 4.14. The molecule has 1 heterocycles. The van der Waals surface area contributed by atoms with Gasteiger partial charge in [-0.05, 0) is 36.2 Å². The molecule has 0 saturated carbocycles. The van der Waals surface area contributed by atoms with E-state index >= 15 is 0 Å². The lowest BCUT2D eigenvalue weighted by Gasteiger charge is -2.11. The van der Waals surface area contributed by atoms with E-state index in [4.69, 9.17) is 10.8 Å². The van der Waals surface area contributed by atoms with Crippen molar-refractivity contribution in [3.05, 3.63) is 74.9 Å². The molecule has 0 saturated heterocycles. The molecule has 128 valence electrons. The van der Waals surface area contributed by atoms with Crippen LogP contribution in [0.15, 0.2) is 58.1 Å². The van der Waals surface area contributed by atoms with Gasteiger partial charge in [-0.1, -0.05) is 24.3 Å². The highest BCUT2D eigenvalue weighted by atomic mass is 16.4. The van der Waals surface area contributed by atoms with Crippen molar-refractivity contribution in [3.63, 3.8) is 0 Å². The molecule has 0 aliphatic carbocycles. The monoisotopic (exact) mass is 339 g/mol. The number of aliphatic carboxylic acids is 1. The highest BCUT2D eigenvalue weighted by molar-refractivity contribution is 5.78. The number of aryl methyl sites for hydroxylation is 1. The minimum atomic E-state index is -1.08. The highest BCUT2D eigenvalue weighted by Gasteiger charge is 2.14. The number of para-hydroxylation sites is 1. The van der Waals surface area contributed by atoms with E-state index in [0.717, 1.165) is 4.57 Å². The zero-order valence-electron chi connectivity index (χ0n) is 13.5. The summed E-state index contributed by atoms with van der Waals surface area (Å²) in [5.41, 5.74) is 6.38. The molecule has 0 amide bonds. The van der Waals surface area contributed by atoms with Gasteiger partial charge in [0, 0.05) is 7.05 Å². The lowest BCUT2D eigenvalue weighted by molar-refractivity contribution is -0.138. The summed E-state index contributed by atoms with van der Waals surface area (Å²) < 4.78 is 2.52. The van der Waals surface area contributed by atoms with Crippen LogP contribution in [0, 0.1) is 0 Å². The van der Waals surface area contributed by atoms with Crippen molar-refractivity contribution in [1.29, 1.82) is 0 Å². The van der Waals surface area contributed by atoms with Gasteiger partial charge in [0.15, 0.2) is 0 Å². The molecule has 1 aromatic heterocycles. The van der Waals surface area contributed by atoms with E-state index in [2.05, 4.69) is 0 Å². The topological polar surface area (TPSA) is 107 Å². The largest absolute Gasteiger partial charge is 0.480 e. The van der Waals surface area contributed by atoms with Crippen LogP contribution in [0.1, 0.15) is 5.56 Å². The van der Waals surface area contributed by atoms with Crippen LogP contribution in [0.5, 0.6) is 0 Å². The smallest absolute Gasteiger partial charge is 0.335 e. The summed E-state index contributed by atoms with van der Waals surface area (Å²) in [5, 5.41) is 9.31. The average molecular weight is 339 g/mol. The molecule has 0 bridgehead atoms. The maximum absolute atomic E-state index is 12.7. The first-order valence-corrected chi connectivity index (χ1v) is 7.68. The number of carboxylic acids is 1. The zero-order valence-corrected chi connectivity index (χ0v) is 13.5. The van der Waals surface area contributed by atoms with Crippen molar-refractivity contribution in [1.82, 2.24) is 9.13 Å². The summed E-state index contributed by atoms with van der Waals surface area (Å²) in [6.45, 7) is 0. The van der Waals surface area contributed by atoms with Crippen LogP contribution < -0.4 is 17.0 Å². The number of fused-ring (bicyclic) bond motifs is 1. The second-order valence-electron chi connectivity index (χ2n) is 5.81. The Labute approximate surface area is 142 Å². The van der Waals surface area contributed by atoms with E-state index in [1.165, 1.54) is 4.57 Å². The van der Waals surface area contributed by atoms with E-state index in [1.807, 2.05) is 0 Å². The van der Waals surface area contributed by atoms with Crippen LogP contribution >= 0.6 is 0 Å². The molecule has 3 rings (SSSR count). The molecular weight excluding hydrogens is 322 g/mol. The summed E-state index contributed by atoms with van der Waals surface area (Å²) in [7, 11) is 1.61. The van der Waals surface area contributed by atoms with E-state index < -0.39 is 23.3 Å². The minimum Gasteiger partial charge on any atom is -0.480 e. The Kier molecular flexibility index (Phi) is 4.24. The molecular formula is C18H17N3O4. The second kappa shape index (κ2) is 6.37. The maximum Gasteiger partial charge on any atom is 0.335 e. The number of hydrogen-bond acceptors (Lipinski definition) is 4. The first kappa shape index (κ1) is 16.7. The predicted molar refractivity (Wildman–Crippen MR) is 94.1 cm³/mol. The number of hydrogen-bond donors (Lipinski definition) is 2. The van der Waals surface area contributed by atoms with Crippen LogP contribution in [0.4, 0.5) is 0 Å². The van der Waals surface area contributed by atoms with Crippen LogP contribution in [0.2, 0.25) is 0 Å². The van der Waals surface area contributed by atoms with Crippen LogP contribution in [-0.2, 0) is 18.3 Å². The van der Waals surface area contributed by atoms with Gasteiger partial charge in [-0.15, -0.1) is 0 Å². The number of nitrogens with two attached hydrogens (primary N) is 1. The Morgan fingerprint density at radius 1 is 1.12 bits per heavy atom. The number of benzene rings is 2. The van der Waals surface area contributed by atoms with Crippen molar-refractivity contribution in [2.45, 2.75) is 12.5 Å². The van der Waals surface area contributed by atoms with Gasteiger partial charge in [-0.2, -0.15) is 0 Å². The van der Waals surface area contributed by atoms with Gasteiger partial charge < -0.3 is 10.8 Å². The quantitative estimate of drug-likeness (QED) is 0.725. The highest BCUT2D eigenvalue weighted by Crippen LogP contribution is 2.11. The standard InChI is InChI=1S/C18H17N3O4/c1-20-15-5-3-2-4-13(15)16(22)21(18(20)25)12-8-6-11(7-9-12)10-14(19)17(23)24/h2-9,14H,10,19H2,1H3,(H,23,24)/t14-/m0/s1. The Hall–Kier alpha value is -3.19. The van der Waals surface area contributed by atoms with Crippen molar-refractivity contribution in [2.24, 2.45) is 12.8 Å². The Bertz CT molecular complexity index is 1060. The summed E-state index contributed by atoms with van der Waals surface area (Å²) in [5.74, 6) is -1.08. The lowest BCUT2D eigenvalue weighted by Crippen LogP contribution is -2.37. The number of rotatable bonds is 4. The van der Waals surface area contributed by atoms with Crippen LogP contribution in [0.25, 0.3) is 16.6 Å². The number of carboxylic acid groups (broad SMARTS) is 1. The number of nitrogens with zero attached hydrogens (tertiary/aromatic N) is 2. The molecule has 7 nitrogen and oxygen atoms in total. The molecule has 1 atom stereocenters. The first-order valence-electron chi connectivity index (χ1n) is 7.68. The molecule has 0 spiro atoms. The summed E-state index contributed by atoms with van der Waals surface area (Å²) in [6.07, 6.45) is 0.167. The second-order valence-corrected chi connectivity index (χ2v) is 5.81. The molecule has 25 heavy (non-hydrogen) atoms. The van der Waals surface area contributed by atoms with Gasteiger partial charge in [0.25, 0.3) is 5.56 Å². The number of carbonyl (C=O) groups is 1. The van der Waals surface area contributed by atoms with Gasteiger partial charge in [0.1, 0.15) is 6.04 Å². The van der Waals surface area contributed by atoms with E-state index in [1.54, 1.807) is 55.6 Å². The van der Waals surface area contributed by atoms with Gasteiger partial charge in [0.2, 0.25) is 0 Å². The lowest BCUT2D eigenvalue weighted by atomic mass is 10.1. The third-order valence-electron chi connectivity index (χ3n) is 4.14. The normalized spacial score (nSPS) is 12.2. The fourth-order valence-corrected chi connectivity index (χ4v) is 2.76. The van der Waals surface area contributed by atoms with Gasteiger partial charge in [-0.3, -0.25) is 14.2 Å². The summed E-state index contributed by atoms with van der Waals surface area (Å²) >= 11 is 0. The molecule has 0 aliphatic rings. The Morgan fingerprint density at radius 2 is 1.76 bits per heavy atom. The molecule has 3 aromatic rings. The fourth-order valence-electron chi connectivity index (χ4n) is 2.76. The molecule has 0 unspecified atom stereocenters. The Balaban J connectivity index is 2.10. The van der Waals surface area contributed by atoms with Gasteiger partial charge in [0.05, 0.1) is 16.6 Å². The van der Waals surface area contributed by atoms with Crippen molar-refractivity contribution in [3.8, 4) is 5.69 Å². The van der Waals surface area contributed by atoms with Gasteiger partial charge in [-0.25, -0.2) is 9.36 Å². The first-order chi connectivity index (χ1) is 11.9. The molecule has 0 radical (unpaired) electrons. The SMILES string of the molecule is Cn1c(=O)n(-c2ccc(C[C@H](N)C(=O)O)cc2)c(=O)c2ccccc21. The van der Waals surface area contributed by atoms with Crippen molar-refractivity contribution < 1.29 is 9.90 Å². The number of aromatic nitrogens is 2. The molecule has 7 heteroatoms. The van der Waals surface area contributed by atoms with Gasteiger partial charge >= 0.3 is 11.7 Å². The molecule has 0 aliphatic heterocycles. The fraction of sp³-hybridized carbons (Fsp3) is 0.167. The molecule has 2 aromatic carbocycles. The van der Waals surface area contributed by atoms with E-state index in [-0.39, 0.29) is 6.42 Å².